The summed E-state index contributed by atoms with van der Waals surface area (Å²) in [6.07, 6.45) is 0. The maximum absolute atomic E-state index is 12.9. The van der Waals surface area contributed by atoms with Crippen LogP contribution >= 0.6 is 0 Å². The Morgan fingerprint density at radius 1 is 0.971 bits per heavy atom. The Balaban J connectivity index is 1.90. The van der Waals surface area contributed by atoms with Crippen molar-refractivity contribution in [1.29, 1.82) is 0 Å². The third kappa shape index (κ3) is 5.87. The van der Waals surface area contributed by atoms with Gasteiger partial charge < -0.3 is 9.47 Å². The maximum atomic E-state index is 12.9. The molecule has 0 saturated carbocycles. The number of hydrogen-bond donors (Lipinski definition) is 2. The zero-order chi connectivity index (χ0) is 25.8. The molecule has 11 heteroatoms. The summed E-state index contributed by atoms with van der Waals surface area (Å²) >= 11 is 0. The zero-order valence-electron chi connectivity index (χ0n) is 19.9. The van der Waals surface area contributed by atoms with E-state index in [1.165, 1.54) is 26.4 Å². The van der Waals surface area contributed by atoms with Gasteiger partial charge in [-0.15, -0.1) is 0 Å². The van der Waals surface area contributed by atoms with Crippen molar-refractivity contribution in [1.82, 2.24) is 0 Å². The number of methoxy groups -OCH3 is 2. The Morgan fingerprint density at radius 3 is 2.31 bits per heavy atom. The molecule has 2 N–H and O–H groups in total. The average Bonchev–Trinajstić information content (AvgIpc) is 2.83. The van der Waals surface area contributed by atoms with Gasteiger partial charge in [0.1, 0.15) is 17.2 Å². The predicted octanol–water partition coefficient (Wildman–Crippen LogP) is 4.87. The van der Waals surface area contributed by atoms with Crippen molar-refractivity contribution in [3.8, 4) is 11.5 Å². The van der Waals surface area contributed by atoms with Crippen molar-refractivity contribution < 1.29 is 22.8 Å². The van der Waals surface area contributed by atoms with Gasteiger partial charge in [-0.2, -0.15) is 5.10 Å². The minimum absolute atomic E-state index is 0.0345. The number of rotatable bonds is 9. The van der Waals surface area contributed by atoms with Crippen molar-refractivity contribution in [2.75, 3.05) is 24.4 Å². The molecule has 35 heavy (non-hydrogen) atoms. The average molecular weight is 499 g/mol. The third-order valence-corrected chi connectivity index (χ3v) is 6.61. The van der Waals surface area contributed by atoms with Crippen molar-refractivity contribution in [3.05, 3.63) is 81.4 Å². The number of aryl methyl sites for hydroxylation is 2. The number of nitrogens with zero attached hydrogens (tertiary/aromatic N) is 2. The van der Waals surface area contributed by atoms with E-state index in [-0.39, 0.29) is 10.6 Å². The minimum atomic E-state index is -4.06. The second-order valence-electron chi connectivity index (χ2n) is 7.74. The van der Waals surface area contributed by atoms with Gasteiger partial charge in [-0.3, -0.25) is 20.3 Å². The first-order chi connectivity index (χ1) is 16.6. The molecule has 3 aromatic carbocycles. The molecule has 10 nitrogen and oxygen atoms in total. The molecule has 0 saturated heterocycles. The fourth-order valence-corrected chi connectivity index (χ4v) is 4.51. The molecule has 3 aromatic rings. The van der Waals surface area contributed by atoms with Crippen LogP contribution in [0.2, 0.25) is 0 Å². The highest BCUT2D eigenvalue weighted by Gasteiger charge is 2.22. The highest BCUT2D eigenvalue weighted by Crippen LogP contribution is 2.30. The lowest BCUT2D eigenvalue weighted by Crippen LogP contribution is -2.14. The van der Waals surface area contributed by atoms with Gasteiger partial charge in [-0.1, -0.05) is 17.7 Å². The first-order valence-electron chi connectivity index (χ1n) is 10.5. The molecule has 0 heterocycles. The normalized spacial score (nSPS) is 11.6. The molecule has 0 aliphatic heterocycles. The Morgan fingerprint density at radius 2 is 1.69 bits per heavy atom. The number of nitrogens with one attached hydrogen (secondary N) is 2. The Hall–Kier alpha value is -4.12. The van der Waals surface area contributed by atoms with E-state index >= 15 is 0 Å². The van der Waals surface area contributed by atoms with Crippen molar-refractivity contribution in [2.24, 2.45) is 5.10 Å². The second-order valence-corrected chi connectivity index (χ2v) is 9.42. The molecule has 0 amide bonds. The van der Waals surface area contributed by atoms with Gasteiger partial charge in [0.15, 0.2) is 0 Å². The van der Waals surface area contributed by atoms with Crippen LogP contribution in [0.15, 0.2) is 64.6 Å². The van der Waals surface area contributed by atoms with Gasteiger partial charge in [0.2, 0.25) is 0 Å². The molecule has 0 radical (unpaired) electrons. The Kier molecular flexibility index (Phi) is 7.60. The van der Waals surface area contributed by atoms with Crippen LogP contribution in [0.1, 0.15) is 23.6 Å². The van der Waals surface area contributed by atoms with E-state index in [2.05, 4.69) is 15.2 Å². The van der Waals surface area contributed by atoms with E-state index in [0.717, 1.165) is 17.2 Å². The van der Waals surface area contributed by atoms with Crippen LogP contribution in [0.4, 0.5) is 17.1 Å². The molecule has 0 bridgehead atoms. The highest BCUT2D eigenvalue weighted by atomic mass is 32.2. The van der Waals surface area contributed by atoms with Crippen molar-refractivity contribution >= 4 is 32.8 Å². The number of nitro groups is 1. The van der Waals surface area contributed by atoms with Gasteiger partial charge >= 0.3 is 0 Å². The third-order valence-electron chi connectivity index (χ3n) is 5.24. The van der Waals surface area contributed by atoms with Gasteiger partial charge in [0.05, 0.1) is 35.4 Å². The maximum Gasteiger partial charge on any atom is 0.295 e. The van der Waals surface area contributed by atoms with Crippen LogP contribution in [0.25, 0.3) is 0 Å². The lowest BCUT2D eigenvalue weighted by atomic mass is 10.1. The smallest absolute Gasteiger partial charge is 0.295 e. The van der Waals surface area contributed by atoms with Crippen LogP contribution in [0.5, 0.6) is 11.5 Å². The van der Waals surface area contributed by atoms with E-state index in [1.54, 1.807) is 44.2 Å². The van der Waals surface area contributed by atoms with Crippen LogP contribution in [0.3, 0.4) is 0 Å². The quantitative estimate of drug-likeness (QED) is 0.244. The molecule has 3 rings (SSSR count). The molecular formula is C24H26N4O6S. The number of nitro benzene ring substituents is 1. The lowest BCUT2D eigenvalue weighted by Gasteiger charge is -2.12. The van der Waals surface area contributed by atoms with Crippen LogP contribution in [0, 0.1) is 24.0 Å². The standard InChI is InChI=1S/C24H26N4O6S/c1-15-6-10-21(16(2)12-15)27-35(31,32)19-8-11-22(23(14-19)28(29)30)26-25-17(3)20-9-7-18(33-4)13-24(20)34-5/h6-14,26-27H,1-5H3/b25-17+. The van der Waals surface area contributed by atoms with E-state index in [4.69, 9.17) is 9.47 Å². The summed E-state index contributed by atoms with van der Waals surface area (Å²) in [4.78, 5) is 10.8. The number of sulfonamides is 1. The van der Waals surface area contributed by atoms with Crippen LogP contribution in [-0.4, -0.2) is 33.3 Å². The highest BCUT2D eigenvalue weighted by molar-refractivity contribution is 7.92. The zero-order valence-corrected chi connectivity index (χ0v) is 20.8. The minimum Gasteiger partial charge on any atom is -0.497 e. The molecule has 0 spiro atoms. The summed E-state index contributed by atoms with van der Waals surface area (Å²) in [6, 6.07) is 14.0. The molecule has 0 aromatic heterocycles. The van der Waals surface area contributed by atoms with E-state index < -0.39 is 20.6 Å². The van der Waals surface area contributed by atoms with Crippen molar-refractivity contribution in [2.45, 2.75) is 25.7 Å². The van der Waals surface area contributed by atoms with Crippen LogP contribution < -0.4 is 19.6 Å². The molecule has 0 unspecified atom stereocenters. The molecular weight excluding hydrogens is 472 g/mol. The topological polar surface area (TPSA) is 132 Å². The van der Waals surface area contributed by atoms with E-state index in [1.807, 2.05) is 13.0 Å². The number of hydrogen-bond acceptors (Lipinski definition) is 8. The summed E-state index contributed by atoms with van der Waals surface area (Å²) in [5.74, 6) is 1.12. The summed E-state index contributed by atoms with van der Waals surface area (Å²) in [5, 5.41) is 15.9. The lowest BCUT2D eigenvalue weighted by molar-refractivity contribution is -0.384. The predicted molar refractivity (Wildman–Crippen MR) is 135 cm³/mol. The molecule has 184 valence electrons. The largest absolute Gasteiger partial charge is 0.497 e. The number of hydrazone groups is 1. The first kappa shape index (κ1) is 25.5. The second kappa shape index (κ2) is 10.4. The first-order valence-corrected chi connectivity index (χ1v) is 11.9. The fourth-order valence-electron chi connectivity index (χ4n) is 3.36. The summed E-state index contributed by atoms with van der Waals surface area (Å²) in [5.41, 5.74) is 5.52. The van der Waals surface area contributed by atoms with Gasteiger partial charge in [0, 0.05) is 17.7 Å². The SMILES string of the molecule is COc1ccc(/C(C)=N/Nc2ccc(S(=O)(=O)Nc3ccc(C)cc3C)cc2[N+](=O)[O-])c(OC)c1. The number of benzene rings is 3. The molecule has 0 aliphatic carbocycles. The summed E-state index contributed by atoms with van der Waals surface area (Å²) in [6.45, 7) is 5.38. The Bertz CT molecular complexity index is 1400. The fraction of sp³-hybridized carbons (Fsp3) is 0.208. The monoisotopic (exact) mass is 498 g/mol. The van der Waals surface area contributed by atoms with E-state index in [9.17, 15) is 18.5 Å². The van der Waals surface area contributed by atoms with E-state index in [0.29, 0.717) is 28.5 Å². The summed E-state index contributed by atoms with van der Waals surface area (Å²) in [7, 11) is -1.01. The molecule has 0 fully saturated rings. The summed E-state index contributed by atoms with van der Waals surface area (Å²) < 4.78 is 38.8. The molecule has 0 aliphatic rings. The number of ether oxygens (including phenoxy) is 2. The van der Waals surface area contributed by atoms with Gasteiger partial charge in [-0.05, 0) is 56.7 Å². The number of anilines is 2. The van der Waals surface area contributed by atoms with Gasteiger partial charge in [0.25, 0.3) is 15.7 Å². The van der Waals surface area contributed by atoms with Gasteiger partial charge in [-0.25, -0.2) is 8.42 Å². The Labute approximate surface area is 203 Å². The van der Waals surface area contributed by atoms with Crippen molar-refractivity contribution in [3.63, 3.8) is 0 Å². The molecule has 0 atom stereocenters. The van der Waals surface area contributed by atoms with Crippen LogP contribution in [-0.2, 0) is 10.0 Å².